The van der Waals surface area contributed by atoms with Crippen LogP contribution in [0.3, 0.4) is 0 Å². The van der Waals surface area contributed by atoms with Crippen LogP contribution in [0, 0.1) is 0 Å². The lowest BCUT2D eigenvalue weighted by Crippen LogP contribution is -2.34. The first kappa shape index (κ1) is 13.7. The molecule has 74 valence electrons. The lowest BCUT2D eigenvalue weighted by Gasteiger charge is -2.02. The molecule has 0 radical (unpaired) electrons. The van der Waals surface area contributed by atoms with Gasteiger partial charge in [-0.25, -0.2) is 4.79 Å². The van der Waals surface area contributed by atoms with Crippen molar-refractivity contribution in [3.05, 3.63) is 0 Å². The Morgan fingerprint density at radius 2 is 1.58 bits per heavy atom. The molecule has 10 heteroatoms. The van der Waals surface area contributed by atoms with Crippen LogP contribution >= 0.6 is 0 Å². The molecule has 0 atom stereocenters. The Morgan fingerprint density at radius 3 is 1.58 bits per heavy atom. The van der Waals surface area contributed by atoms with Crippen molar-refractivity contribution in [2.45, 2.75) is 5.25 Å². The zero-order valence-electron chi connectivity index (χ0n) is 5.37. The molecule has 0 aliphatic heterocycles. The van der Waals surface area contributed by atoms with Gasteiger partial charge in [0, 0.05) is 0 Å². The predicted molar refractivity (Wildman–Crippen MR) is 31.0 cm³/mol. The smallest absolute Gasteiger partial charge is 0.470 e. The van der Waals surface area contributed by atoms with Gasteiger partial charge in [-0.1, -0.05) is 3.89 Å². The molecule has 0 aliphatic rings. The van der Waals surface area contributed by atoms with Crippen LogP contribution < -0.4 is 11.7 Å². The minimum absolute atomic E-state index is 3.03. The van der Waals surface area contributed by atoms with Gasteiger partial charge in [0.05, 0.1) is 0 Å². The van der Waals surface area contributed by atoms with Crippen molar-refractivity contribution in [1.29, 1.82) is 0 Å². The summed E-state index contributed by atoms with van der Waals surface area (Å²) in [6, 6.07) is 0. The maximum absolute atomic E-state index is 11.5. The first-order chi connectivity index (χ1) is 5.19. The Labute approximate surface area is 65.1 Å². The lowest BCUT2D eigenvalue weighted by atomic mass is 10.7. The number of aliphatic carboxylic acids is 1. The number of carbonyl (C=O) groups is 1. The van der Waals surface area contributed by atoms with Crippen LogP contribution in [0.2, 0.25) is 0 Å². The van der Waals surface area contributed by atoms with E-state index in [9.17, 15) is 25.9 Å². The number of hydrazine groups is 1. The van der Waals surface area contributed by atoms with E-state index in [1.54, 1.807) is 0 Å². The molecule has 0 unspecified atom stereocenters. The van der Waals surface area contributed by atoms with E-state index in [4.69, 9.17) is 5.11 Å². The minimum Gasteiger partial charge on any atom is -0.476 e. The van der Waals surface area contributed by atoms with Gasteiger partial charge in [0.1, 0.15) is 0 Å². The molecule has 0 saturated heterocycles. The zero-order valence-corrected chi connectivity index (χ0v) is 6.19. The van der Waals surface area contributed by atoms with Gasteiger partial charge >= 0.3 is 21.4 Å². The second-order valence-electron chi connectivity index (χ2n) is 1.26. The molecule has 0 aromatic heterocycles. The van der Waals surface area contributed by atoms with Gasteiger partial charge in [-0.05, 0) is 0 Å². The molecule has 0 rings (SSSR count). The first-order valence-corrected chi connectivity index (χ1v) is 3.46. The van der Waals surface area contributed by atoms with Crippen LogP contribution in [0.15, 0.2) is 0 Å². The molecule has 0 saturated carbocycles. The SMILES string of the molecule is NN.O=C(O)C(F)(F)S(=O)(=O)F. The van der Waals surface area contributed by atoms with Crippen molar-refractivity contribution >= 4 is 16.2 Å². The summed E-state index contributed by atoms with van der Waals surface area (Å²) >= 11 is 0. The van der Waals surface area contributed by atoms with Crippen molar-refractivity contribution in [3.63, 3.8) is 0 Å². The molecule has 0 amide bonds. The third kappa shape index (κ3) is 3.02. The van der Waals surface area contributed by atoms with Gasteiger partial charge in [0.25, 0.3) is 0 Å². The molecule has 0 aliphatic carbocycles. The van der Waals surface area contributed by atoms with Crippen LogP contribution in [0.4, 0.5) is 12.7 Å². The van der Waals surface area contributed by atoms with Crippen molar-refractivity contribution in [3.8, 4) is 0 Å². The molecule has 12 heavy (non-hydrogen) atoms. The molecule has 0 fully saturated rings. The van der Waals surface area contributed by atoms with E-state index < -0.39 is 21.4 Å². The van der Waals surface area contributed by atoms with Crippen LogP contribution in [-0.4, -0.2) is 24.7 Å². The van der Waals surface area contributed by atoms with Crippen LogP contribution in [0.25, 0.3) is 0 Å². The Balaban J connectivity index is 0. The molecular formula is C2H5F3N2O4S. The minimum atomic E-state index is -6.33. The fraction of sp³-hybridized carbons (Fsp3) is 0.500. The highest BCUT2D eigenvalue weighted by Gasteiger charge is 2.54. The maximum Gasteiger partial charge on any atom is 0.470 e. The summed E-state index contributed by atoms with van der Waals surface area (Å²) in [7, 11) is -6.33. The summed E-state index contributed by atoms with van der Waals surface area (Å²) in [5, 5.41) is 2.07. The van der Waals surface area contributed by atoms with Gasteiger partial charge in [0.2, 0.25) is 0 Å². The third-order valence-electron chi connectivity index (χ3n) is 0.555. The van der Waals surface area contributed by atoms with Crippen LogP contribution in [0.5, 0.6) is 0 Å². The number of alkyl halides is 2. The van der Waals surface area contributed by atoms with Gasteiger partial charge in [-0.15, -0.1) is 0 Å². The number of hydrogen-bond acceptors (Lipinski definition) is 5. The molecule has 6 nitrogen and oxygen atoms in total. The molecule has 0 heterocycles. The van der Waals surface area contributed by atoms with Gasteiger partial charge in [0.15, 0.2) is 0 Å². The number of hydrogen-bond donors (Lipinski definition) is 3. The Kier molecular flexibility index (Phi) is 4.83. The normalized spacial score (nSPS) is 11.4. The van der Waals surface area contributed by atoms with E-state index in [1.807, 2.05) is 0 Å². The lowest BCUT2D eigenvalue weighted by molar-refractivity contribution is -0.154. The zero-order chi connectivity index (χ0) is 10.6. The maximum atomic E-state index is 11.5. The van der Waals surface area contributed by atoms with E-state index in [-0.39, 0.29) is 0 Å². The average molecular weight is 210 g/mol. The van der Waals surface area contributed by atoms with E-state index >= 15 is 0 Å². The van der Waals surface area contributed by atoms with Crippen LogP contribution in [0.1, 0.15) is 0 Å². The summed E-state index contributed by atoms with van der Waals surface area (Å²) in [5.41, 5.74) is 0. The molecule has 5 N–H and O–H groups in total. The predicted octanol–water partition coefficient (Wildman–Crippen LogP) is -1.22. The van der Waals surface area contributed by atoms with E-state index in [0.29, 0.717) is 0 Å². The summed E-state index contributed by atoms with van der Waals surface area (Å²) in [6.45, 7) is 0. The first-order valence-electron chi connectivity index (χ1n) is 2.08. The Morgan fingerprint density at radius 1 is 1.33 bits per heavy atom. The number of halogens is 3. The van der Waals surface area contributed by atoms with E-state index in [1.165, 1.54) is 0 Å². The summed E-state index contributed by atoms with van der Waals surface area (Å²) in [6.07, 6.45) is 0. The number of carboxylic acid groups (broad SMARTS) is 1. The van der Waals surface area contributed by atoms with Crippen molar-refractivity contribution in [2.75, 3.05) is 0 Å². The van der Waals surface area contributed by atoms with Gasteiger partial charge < -0.3 is 5.11 Å². The van der Waals surface area contributed by atoms with E-state index in [2.05, 4.69) is 11.7 Å². The second-order valence-corrected chi connectivity index (χ2v) is 2.65. The van der Waals surface area contributed by atoms with Gasteiger partial charge in [-0.2, -0.15) is 17.2 Å². The highest BCUT2D eigenvalue weighted by molar-refractivity contribution is 7.88. The van der Waals surface area contributed by atoms with Gasteiger partial charge in [-0.3, -0.25) is 11.7 Å². The topological polar surface area (TPSA) is 123 Å². The Hall–Kier alpha value is -0.870. The second kappa shape index (κ2) is 4.23. The standard InChI is InChI=1S/C2HF3O4S.H4N2/c3-2(4,1(6)7)10(5,8)9;1-2/h(H,6,7);1-2H2. The molecule has 0 spiro atoms. The number of rotatable bonds is 2. The number of nitrogens with two attached hydrogens (primary N) is 2. The fourth-order valence-corrected chi connectivity index (χ4v) is 0.313. The van der Waals surface area contributed by atoms with E-state index in [0.717, 1.165) is 0 Å². The van der Waals surface area contributed by atoms with Crippen LogP contribution in [-0.2, 0) is 15.0 Å². The quantitative estimate of drug-likeness (QED) is 0.298. The highest BCUT2D eigenvalue weighted by Crippen LogP contribution is 2.22. The summed E-state index contributed by atoms with van der Waals surface area (Å²) in [5.74, 6) is 4.97. The summed E-state index contributed by atoms with van der Waals surface area (Å²) in [4.78, 5) is 9.30. The number of carboxylic acids is 1. The average Bonchev–Trinajstić information content (AvgIpc) is 1.89. The van der Waals surface area contributed by atoms with Crippen molar-refractivity contribution in [1.82, 2.24) is 0 Å². The monoisotopic (exact) mass is 210 g/mol. The fourth-order valence-electron chi connectivity index (χ4n) is 0.104. The largest absolute Gasteiger partial charge is 0.476 e. The summed E-state index contributed by atoms with van der Waals surface area (Å²) < 4.78 is 52.8. The molecule has 0 bridgehead atoms. The molecular weight excluding hydrogens is 205 g/mol. The van der Waals surface area contributed by atoms with Crippen molar-refractivity contribution < 1.29 is 31.0 Å². The molecule has 0 aromatic rings. The van der Waals surface area contributed by atoms with Crippen molar-refractivity contribution in [2.24, 2.45) is 11.7 Å². The highest BCUT2D eigenvalue weighted by atomic mass is 32.3. The molecule has 0 aromatic carbocycles. The third-order valence-corrected chi connectivity index (χ3v) is 1.34. The Bertz CT molecular complexity index is 249.